The van der Waals surface area contributed by atoms with Crippen molar-refractivity contribution >= 4 is 5.91 Å². The third-order valence-electron chi connectivity index (χ3n) is 4.70. The van der Waals surface area contributed by atoms with Gasteiger partial charge in [0.2, 0.25) is 5.56 Å². The van der Waals surface area contributed by atoms with Gasteiger partial charge in [-0.05, 0) is 49.8 Å². The number of halogens is 2. The van der Waals surface area contributed by atoms with Crippen molar-refractivity contribution in [2.24, 2.45) is 5.92 Å². The van der Waals surface area contributed by atoms with Crippen molar-refractivity contribution in [3.05, 3.63) is 69.6 Å². The number of likely N-dealkylation sites (tertiary alicyclic amines) is 1. The molecule has 25 heavy (non-hydrogen) atoms. The second-order valence-corrected chi connectivity index (χ2v) is 6.44. The van der Waals surface area contributed by atoms with Crippen LogP contribution in [0.25, 0.3) is 0 Å². The van der Waals surface area contributed by atoms with Crippen molar-refractivity contribution < 1.29 is 13.6 Å². The summed E-state index contributed by atoms with van der Waals surface area (Å²) in [5.41, 5.74) is 0.312. The lowest BCUT2D eigenvalue weighted by Gasteiger charge is -2.33. The number of aromatic nitrogens is 1. The Labute approximate surface area is 144 Å². The zero-order valence-electron chi connectivity index (χ0n) is 13.8. The van der Waals surface area contributed by atoms with Crippen molar-refractivity contribution in [1.82, 2.24) is 9.88 Å². The number of pyridine rings is 1. The largest absolute Gasteiger partial charge is 0.338 e. The van der Waals surface area contributed by atoms with E-state index < -0.39 is 11.6 Å². The van der Waals surface area contributed by atoms with Gasteiger partial charge < -0.3 is 9.88 Å². The molecular formula is C19H20F2N2O2. The lowest BCUT2D eigenvalue weighted by molar-refractivity contribution is 0.0667. The second-order valence-electron chi connectivity index (χ2n) is 6.44. The lowest BCUT2D eigenvalue weighted by atomic mass is 9.91. The van der Waals surface area contributed by atoms with E-state index in [9.17, 15) is 18.4 Å². The number of piperidine rings is 1. The number of benzene rings is 1. The maximum absolute atomic E-state index is 13.7. The van der Waals surface area contributed by atoms with Crippen LogP contribution in [0.2, 0.25) is 0 Å². The number of carbonyl (C=O) groups excluding carboxylic acids is 1. The van der Waals surface area contributed by atoms with E-state index in [4.69, 9.17) is 0 Å². The highest BCUT2D eigenvalue weighted by atomic mass is 19.1. The maximum Gasteiger partial charge on any atom is 0.255 e. The molecule has 1 fully saturated rings. The van der Waals surface area contributed by atoms with Crippen LogP contribution in [0.1, 0.15) is 35.2 Å². The summed E-state index contributed by atoms with van der Waals surface area (Å²) in [7, 11) is 0. The summed E-state index contributed by atoms with van der Waals surface area (Å²) < 4.78 is 27.5. The van der Waals surface area contributed by atoms with Gasteiger partial charge in [0.1, 0.15) is 11.6 Å². The summed E-state index contributed by atoms with van der Waals surface area (Å²) in [5, 5.41) is 0. The maximum atomic E-state index is 13.7. The molecule has 0 aliphatic carbocycles. The minimum absolute atomic E-state index is 0.117. The molecule has 0 spiro atoms. The Morgan fingerprint density at radius 2 is 1.96 bits per heavy atom. The van der Waals surface area contributed by atoms with Gasteiger partial charge in [0.15, 0.2) is 0 Å². The average Bonchev–Trinajstić information content (AvgIpc) is 2.62. The van der Waals surface area contributed by atoms with Gasteiger partial charge in [-0.25, -0.2) is 8.78 Å². The zero-order chi connectivity index (χ0) is 17.8. The molecule has 0 saturated carbocycles. The molecule has 2 aromatic rings. The molecule has 1 N–H and O–H groups in total. The molecule has 132 valence electrons. The van der Waals surface area contributed by atoms with Gasteiger partial charge in [0.25, 0.3) is 5.91 Å². The van der Waals surface area contributed by atoms with E-state index in [0.717, 1.165) is 12.8 Å². The van der Waals surface area contributed by atoms with E-state index in [0.29, 0.717) is 31.5 Å². The SMILES string of the molecule is O=C(c1ccc(=O)[nH]c1)N1CCC[C@H](CCc2c(F)cccc2F)C1. The molecule has 0 bridgehead atoms. The molecule has 0 unspecified atom stereocenters. The third-order valence-corrected chi connectivity index (χ3v) is 4.70. The Morgan fingerprint density at radius 1 is 1.20 bits per heavy atom. The minimum atomic E-state index is -0.517. The van der Waals surface area contributed by atoms with Crippen LogP contribution in [0.15, 0.2) is 41.3 Å². The molecule has 0 radical (unpaired) electrons. The summed E-state index contributed by atoms with van der Waals surface area (Å²) in [6.07, 6.45) is 4.17. The number of nitrogens with zero attached hydrogens (tertiary/aromatic N) is 1. The molecule has 3 rings (SSSR count). The molecule has 1 atom stereocenters. The molecule has 1 aliphatic rings. The fourth-order valence-electron chi connectivity index (χ4n) is 3.33. The standard InChI is InChI=1S/C19H20F2N2O2/c20-16-4-1-5-17(21)15(16)8-6-13-3-2-10-23(12-13)19(25)14-7-9-18(24)22-11-14/h1,4-5,7,9,11,13H,2-3,6,8,10,12H2,(H,22,24)/t13-/m1/s1. The van der Waals surface area contributed by atoms with Crippen molar-refractivity contribution in [3.8, 4) is 0 Å². The van der Waals surface area contributed by atoms with E-state index in [1.165, 1.54) is 36.5 Å². The lowest BCUT2D eigenvalue weighted by Crippen LogP contribution is -2.40. The number of H-pyrrole nitrogens is 1. The number of hydrogen-bond acceptors (Lipinski definition) is 2. The smallest absolute Gasteiger partial charge is 0.255 e. The van der Waals surface area contributed by atoms with Crippen LogP contribution in [0.4, 0.5) is 8.78 Å². The van der Waals surface area contributed by atoms with Gasteiger partial charge in [-0.1, -0.05) is 6.07 Å². The number of carbonyl (C=O) groups is 1. The van der Waals surface area contributed by atoms with E-state index in [-0.39, 0.29) is 22.9 Å². The normalized spacial score (nSPS) is 17.5. The summed E-state index contributed by atoms with van der Waals surface area (Å²) in [4.78, 5) is 27.9. The highest BCUT2D eigenvalue weighted by Crippen LogP contribution is 2.24. The van der Waals surface area contributed by atoms with Gasteiger partial charge in [-0.2, -0.15) is 0 Å². The van der Waals surface area contributed by atoms with Crippen LogP contribution in [0.5, 0.6) is 0 Å². The van der Waals surface area contributed by atoms with Gasteiger partial charge in [-0.15, -0.1) is 0 Å². The van der Waals surface area contributed by atoms with E-state index in [1.807, 2.05) is 0 Å². The number of amides is 1. The Kier molecular flexibility index (Phi) is 5.26. The predicted octanol–water partition coefficient (Wildman–Crippen LogP) is 3.14. The first-order valence-corrected chi connectivity index (χ1v) is 8.45. The van der Waals surface area contributed by atoms with E-state index in [2.05, 4.69) is 4.98 Å². The fourth-order valence-corrected chi connectivity index (χ4v) is 3.33. The molecule has 2 heterocycles. The summed E-state index contributed by atoms with van der Waals surface area (Å²) in [5.74, 6) is -0.952. The number of rotatable bonds is 4. The Balaban J connectivity index is 1.62. The summed E-state index contributed by atoms with van der Waals surface area (Å²) >= 11 is 0. The molecule has 1 aliphatic heterocycles. The first-order chi connectivity index (χ1) is 12.0. The number of nitrogens with one attached hydrogen (secondary N) is 1. The van der Waals surface area contributed by atoms with Crippen molar-refractivity contribution in [2.75, 3.05) is 13.1 Å². The third kappa shape index (κ3) is 4.13. The number of hydrogen-bond donors (Lipinski definition) is 1. The molecule has 1 saturated heterocycles. The van der Waals surface area contributed by atoms with Crippen molar-refractivity contribution in [1.29, 1.82) is 0 Å². The van der Waals surface area contributed by atoms with Crippen LogP contribution < -0.4 is 5.56 Å². The van der Waals surface area contributed by atoms with E-state index >= 15 is 0 Å². The topological polar surface area (TPSA) is 53.2 Å². The minimum Gasteiger partial charge on any atom is -0.338 e. The van der Waals surface area contributed by atoms with Crippen LogP contribution in [-0.4, -0.2) is 28.9 Å². The van der Waals surface area contributed by atoms with Gasteiger partial charge in [-0.3, -0.25) is 9.59 Å². The van der Waals surface area contributed by atoms with Gasteiger partial charge in [0.05, 0.1) is 5.56 Å². The zero-order valence-corrected chi connectivity index (χ0v) is 13.8. The second kappa shape index (κ2) is 7.59. The fraction of sp³-hybridized carbons (Fsp3) is 0.368. The highest BCUT2D eigenvalue weighted by molar-refractivity contribution is 5.93. The summed E-state index contributed by atoms with van der Waals surface area (Å²) in [6, 6.07) is 6.74. The van der Waals surface area contributed by atoms with E-state index in [1.54, 1.807) is 4.90 Å². The van der Waals surface area contributed by atoms with Crippen LogP contribution >= 0.6 is 0 Å². The van der Waals surface area contributed by atoms with Crippen molar-refractivity contribution in [3.63, 3.8) is 0 Å². The first-order valence-electron chi connectivity index (χ1n) is 8.45. The summed E-state index contributed by atoms with van der Waals surface area (Å²) in [6.45, 7) is 1.22. The van der Waals surface area contributed by atoms with Gasteiger partial charge in [0, 0.05) is 30.9 Å². The average molecular weight is 346 g/mol. The van der Waals surface area contributed by atoms with Crippen molar-refractivity contribution in [2.45, 2.75) is 25.7 Å². The Bertz CT molecular complexity index is 779. The first kappa shape index (κ1) is 17.3. The monoisotopic (exact) mass is 346 g/mol. The molecule has 1 amide bonds. The Morgan fingerprint density at radius 3 is 2.64 bits per heavy atom. The number of aromatic amines is 1. The highest BCUT2D eigenvalue weighted by Gasteiger charge is 2.25. The van der Waals surface area contributed by atoms with Crippen LogP contribution in [-0.2, 0) is 6.42 Å². The molecule has 4 nitrogen and oxygen atoms in total. The van der Waals surface area contributed by atoms with Crippen LogP contribution in [0, 0.1) is 17.6 Å². The van der Waals surface area contributed by atoms with Crippen LogP contribution in [0.3, 0.4) is 0 Å². The molecule has 1 aromatic heterocycles. The molecule has 1 aromatic carbocycles. The quantitative estimate of drug-likeness (QED) is 0.925. The molecule has 6 heteroatoms. The Hall–Kier alpha value is -2.50. The predicted molar refractivity (Wildman–Crippen MR) is 90.4 cm³/mol. The van der Waals surface area contributed by atoms with Gasteiger partial charge >= 0.3 is 0 Å². The molecular weight excluding hydrogens is 326 g/mol.